The summed E-state index contributed by atoms with van der Waals surface area (Å²) >= 11 is 2.52. The van der Waals surface area contributed by atoms with Gasteiger partial charge in [-0.25, -0.2) is 4.39 Å². The molecule has 0 aliphatic heterocycles. The number of rotatable bonds is 2. The Hall–Kier alpha value is -3.00. The number of hydrogen-bond donors (Lipinski definition) is 0. The van der Waals surface area contributed by atoms with Crippen molar-refractivity contribution in [3.63, 3.8) is 0 Å². The van der Waals surface area contributed by atoms with Gasteiger partial charge in [-0.2, -0.15) is 10.5 Å². The van der Waals surface area contributed by atoms with Crippen LogP contribution in [0, 0.1) is 35.4 Å². The van der Waals surface area contributed by atoms with Gasteiger partial charge in [-0.15, -0.1) is 22.7 Å². The molecule has 1 aromatic carbocycles. The fourth-order valence-corrected chi connectivity index (χ4v) is 4.22. The van der Waals surface area contributed by atoms with Crippen molar-refractivity contribution in [2.75, 3.05) is 0 Å². The first-order valence-corrected chi connectivity index (χ1v) is 8.78. The minimum Gasteiger partial charge on any atom is -0.267 e. The summed E-state index contributed by atoms with van der Waals surface area (Å²) in [6, 6.07) is 13.1. The molecule has 122 valence electrons. The van der Waals surface area contributed by atoms with Crippen LogP contribution in [0.3, 0.4) is 0 Å². The minimum atomic E-state index is -0.600. The van der Waals surface area contributed by atoms with Crippen molar-refractivity contribution in [1.29, 1.82) is 10.5 Å². The van der Waals surface area contributed by atoms with Crippen molar-refractivity contribution in [3.8, 4) is 17.8 Å². The van der Waals surface area contributed by atoms with E-state index in [4.69, 9.17) is 0 Å². The topological polar surface area (TPSA) is 69.6 Å². The molecule has 0 saturated heterocycles. The average Bonchev–Trinajstić information content (AvgIpc) is 3.14. The fraction of sp³-hybridized carbons (Fsp3) is 0.0556. The zero-order valence-electron chi connectivity index (χ0n) is 13.0. The second kappa shape index (κ2) is 6.86. The van der Waals surface area contributed by atoms with E-state index in [-0.39, 0.29) is 15.9 Å². The van der Waals surface area contributed by atoms with E-state index in [1.54, 1.807) is 24.3 Å². The van der Waals surface area contributed by atoms with Gasteiger partial charge in [0.1, 0.15) is 22.6 Å². The number of thiophene rings is 1. The van der Waals surface area contributed by atoms with Gasteiger partial charge in [-0.05, 0) is 37.3 Å². The van der Waals surface area contributed by atoms with Crippen LogP contribution in [-0.2, 0) is 0 Å². The van der Waals surface area contributed by atoms with Crippen LogP contribution in [-0.4, -0.2) is 4.57 Å². The Morgan fingerprint density at radius 1 is 1.16 bits per heavy atom. The zero-order chi connectivity index (χ0) is 18.0. The van der Waals surface area contributed by atoms with Crippen LogP contribution in [0.25, 0.3) is 17.3 Å². The lowest BCUT2D eigenvalue weighted by Crippen LogP contribution is -2.31. The van der Waals surface area contributed by atoms with Crippen LogP contribution >= 0.6 is 22.7 Å². The van der Waals surface area contributed by atoms with Crippen molar-refractivity contribution in [2.45, 2.75) is 6.92 Å². The van der Waals surface area contributed by atoms with Crippen LogP contribution in [0.5, 0.6) is 0 Å². The van der Waals surface area contributed by atoms with E-state index in [0.717, 1.165) is 25.7 Å². The summed E-state index contributed by atoms with van der Waals surface area (Å²) in [7, 11) is 0. The molecule has 0 spiro atoms. The van der Waals surface area contributed by atoms with Crippen molar-refractivity contribution in [1.82, 2.24) is 4.57 Å². The van der Waals surface area contributed by atoms with Gasteiger partial charge in [-0.1, -0.05) is 12.1 Å². The lowest BCUT2D eigenvalue weighted by molar-refractivity contribution is 0.616. The molecule has 0 aliphatic carbocycles. The summed E-state index contributed by atoms with van der Waals surface area (Å²) in [5.41, 5.74) is -0.671. The Bertz CT molecular complexity index is 1200. The second-order valence-corrected chi connectivity index (χ2v) is 7.40. The van der Waals surface area contributed by atoms with Crippen LogP contribution in [0.2, 0.25) is 0 Å². The predicted octanol–water partition coefficient (Wildman–Crippen LogP) is 2.43. The Balaban J connectivity index is 2.44. The van der Waals surface area contributed by atoms with Crippen molar-refractivity contribution >= 4 is 34.3 Å². The quantitative estimate of drug-likeness (QED) is 0.698. The molecule has 0 atom stereocenters. The van der Waals surface area contributed by atoms with E-state index in [1.807, 2.05) is 19.1 Å². The van der Waals surface area contributed by atoms with Gasteiger partial charge in [0.15, 0.2) is 5.57 Å². The monoisotopic (exact) mass is 367 g/mol. The number of halogens is 1. The number of para-hydroxylation sites is 1. The number of aromatic nitrogens is 1. The first-order valence-electron chi connectivity index (χ1n) is 7.14. The molecule has 2 heterocycles. The predicted molar refractivity (Wildman–Crippen MR) is 96.4 cm³/mol. The molecule has 0 saturated carbocycles. The van der Waals surface area contributed by atoms with Crippen LogP contribution in [0.4, 0.5) is 4.39 Å². The molecular weight excluding hydrogens is 357 g/mol. The number of hydrogen-bond acceptors (Lipinski definition) is 5. The van der Waals surface area contributed by atoms with Crippen molar-refractivity contribution in [3.05, 3.63) is 71.5 Å². The first-order chi connectivity index (χ1) is 12.0. The summed E-state index contributed by atoms with van der Waals surface area (Å²) in [4.78, 5) is 14.8. The molecule has 0 fully saturated rings. The third-order valence-corrected chi connectivity index (χ3v) is 5.43. The number of nitrogens with zero attached hydrogens (tertiary/aromatic N) is 3. The van der Waals surface area contributed by atoms with Crippen molar-refractivity contribution in [2.24, 2.45) is 0 Å². The molecule has 2 aromatic heterocycles. The largest absolute Gasteiger partial charge is 0.273 e. The van der Waals surface area contributed by atoms with Gasteiger partial charge in [0, 0.05) is 9.75 Å². The molecule has 3 aromatic rings. The summed E-state index contributed by atoms with van der Waals surface area (Å²) in [6.45, 7) is 1.96. The summed E-state index contributed by atoms with van der Waals surface area (Å²) in [5.74, 6) is -0.600. The standard InChI is InChI=1S/C18H10FN3OS2/c1-11-6-7-13(24-11)8-16-17(23)22(15-5-3-2-4-14(15)19)18(25-16)12(9-20)10-21/h2-8H,1H3. The summed E-state index contributed by atoms with van der Waals surface area (Å²) in [6.07, 6.45) is 1.69. The van der Waals surface area contributed by atoms with E-state index >= 15 is 0 Å². The first kappa shape index (κ1) is 16.8. The number of thiazole rings is 1. The fourth-order valence-electron chi connectivity index (χ4n) is 2.28. The maximum absolute atomic E-state index is 14.2. The normalized spacial score (nSPS) is 11.1. The molecule has 4 nitrogen and oxygen atoms in total. The van der Waals surface area contributed by atoms with Crippen LogP contribution in [0.15, 0.2) is 41.2 Å². The Morgan fingerprint density at radius 2 is 1.88 bits per heavy atom. The SMILES string of the molecule is Cc1ccc(C=c2sc(=C(C#N)C#N)n(-c3ccccc3F)c2=O)s1. The Kier molecular flexibility index (Phi) is 4.62. The number of benzene rings is 1. The molecule has 0 amide bonds. The third-order valence-electron chi connectivity index (χ3n) is 3.39. The lowest BCUT2D eigenvalue weighted by atomic mass is 10.3. The highest BCUT2D eigenvalue weighted by Gasteiger charge is 2.14. The van der Waals surface area contributed by atoms with Gasteiger partial charge < -0.3 is 0 Å². The Morgan fingerprint density at radius 3 is 2.48 bits per heavy atom. The van der Waals surface area contributed by atoms with E-state index in [9.17, 15) is 19.7 Å². The highest BCUT2D eigenvalue weighted by molar-refractivity contribution is 7.13. The molecular formula is C18H10FN3OS2. The minimum absolute atomic E-state index is 0.0174. The third kappa shape index (κ3) is 3.16. The van der Waals surface area contributed by atoms with Gasteiger partial charge >= 0.3 is 0 Å². The maximum Gasteiger partial charge on any atom is 0.273 e. The van der Waals surface area contributed by atoms with E-state index in [0.29, 0.717) is 4.53 Å². The molecule has 0 unspecified atom stereocenters. The number of aryl methyl sites for hydroxylation is 1. The van der Waals surface area contributed by atoms with E-state index < -0.39 is 11.4 Å². The van der Waals surface area contributed by atoms with Gasteiger partial charge in [0.05, 0.1) is 10.2 Å². The Labute approximate surface area is 150 Å². The zero-order valence-corrected chi connectivity index (χ0v) is 14.6. The molecule has 7 heteroatoms. The van der Waals surface area contributed by atoms with Crippen molar-refractivity contribution < 1.29 is 4.39 Å². The second-order valence-electron chi connectivity index (χ2n) is 5.05. The smallest absolute Gasteiger partial charge is 0.267 e. The average molecular weight is 367 g/mol. The number of nitriles is 2. The van der Waals surface area contributed by atoms with Gasteiger partial charge in [0.25, 0.3) is 5.56 Å². The molecule has 0 radical (unpaired) electrons. The maximum atomic E-state index is 14.2. The molecule has 3 rings (SSSR count). The molecule has 25 heavy (non-hydrogen) atoms. The van der Waals surface area contributed by atoms with E-state index in [1.165, 1.54) is 29.5 Å². The summed E-state index contributed by atoms with van der Waals surface area (Å²) < 4.78 is 15.8. The molecule has 0 N–H and O–H groups in total. The van der Waals surface area contributed by atoms with Crippen LogP contribution < -0.4 is 14.8 Å². The van der Waals surface area contributed by atoms with E-state index in [2.05, 4.69) is 0 Å². The molecule has 0 aliphatic rings. The highest BCUT2D eigenvalue weighted by atomic mass is 32.1. The molecule has 0 bridgehead atoms. The van der Waals surface area contributed by atoms with Crippen LogP contribution in [0.1, 0.15) is 9.75 Å². The highest BCUT2D eigenvalue weighted by Crippen LogP contribution is 2.15. The van der Waals surface area contributed by atoms with Gasteiger partial charge in [-0.3, -0.25) is 9.36 Å². The summed E-state index contributed by atoms with van der Waals surface area (Å²) in [5, 5.41) is 18.4. The lowest BCUT2D eigenvalue weighted by Gasteiger charge is -2.03. The van der Waals surface area contributed by atoms with Gasteiger partial charge in [0.2, 0.25) is 0 Å².